The molecule has 0 saturated carbocycles. The molecule has 0 bridgehead atoms. The van der Waals surface area contributed by atoms with E-state index in [4.69, 9.17) is 9.47 Å². The van der Waals surface area contributed by atoms with E-state index in [0.29, 0.717) is 5.52 Å². The van der Waals surface area contributed by atoms with Crippen molar-refractivity contribution >= 4 is 23.2 Å². The lowest BCUT2D eigenvalue weighted by molar-refractivity contribution is 0.00630. The molecule has 0 aliphatic rings. The lowest BCUT2D eigenvalue weighted by atomic mass is 10.2. The zero-order valence-electron chi connectivity index (χ0n) is 14.2. The molecule has 0 aliphatic carbocycles. The van der Waals surface area contributed by atoms with E-state index in [-0.39, 0.29) is 11.3 Å². The number of hydrogen-bond acceptors (Lipinski definition) is 6. The lowest BCUT2D eigenvalue weighted by Gasteiger charge is -2.19. The molecule has 7 nitrogen and oxygen atoms in total. The molecule has 0 spiro atoms. The number of aromatic nitrogens is 3. The topological polar surface area (TPSA) is 83.3 Å². The predicted molar refractivity (Wildman–Crippen MR) is 84.3 cm³/mol. The summed E-state index contributed by atoms with van der Waals surface area (Å²) in [7, 11) is 0. The number of pyridine rings is 1. The summed E-state index contributed by atoms with van der Waals surface area (Å²) in [5, 5.41) is 0. The number of fused-ring (bicyclic) bond motifs is 1. The highest BCUT2D eigenvalue weighted by molar-refractivity contribution is 5.91. The van der Waals surface area contributed by atoms with Gasteiger partial charge in [-0.15, -0.1) is 0 Å². The van der Waals surface area contributed by atoms with Gasteiger partial charge < -0.3 is 9.47 Å². The summed E-state index contributed by atoms with van der Waals surface area (Å²) in [4.78, 5) is 32.3. The Kier molecular flexibility index (Phi) is 4.15. The molecular formula is C16H21N3O4. The van der Waals surface area contributed by atoms with Gasteiger partial charge in [-0.1, -0.05) is 0 Å². The molecule has 23 heavy (non-hydrogen) atoms. The maximum Gasteiger partial charge on any atom is 0.420 e. The molecule has 0 N–H and O–H groups in total. The van der Waals surface area contributed by atoms with E-state index in [0.717, 1.165) is 0 Å². The van der Waals surface area contributed by atoms with Crippen LogP contribution in [-0.2, 0) is 9.47 Å². The van der Waals surface area contributed by atoms with Gasteiger partial charge in [-0.3, -0.25) is 0 Å². The van der Waals surface area contributed by atoms with Crippen LogP contribution in [0.4, 0.5) is 4.79 Å². The molecule has 2 heterocycles. The third kappa shape index (κ3) is 4.28. The highest BCUT2D eigenvalue weighted by atomic mass is 16.6. The minimum absolute atomic E-state index is 0.141. The number of carbonyl (C=O) groups is 2. The lowest BCUT2D eigenvalue weighted by Crippen LogP contribution is -2.26. The van der Waals surface area contributed by atoms with Crippen molar-refractivity contribution in [2.75, 3.05) is 0 Å². The summed E-state index contributed by atoms with van der Waals surface area (Å²) in [6.45, 7) is 10.7. The zero-order chi connectivity index (χ0) is 17.4. The fourth-order valence-corrected chi connectivity index (χ4v) is 1.80. The molecule has 0 aromatic carbocycles. The second-order valence-electron chi connectivity index (χ2n) is 7.14. The Hall–Kier alpha value is -2.44. The van der Waals surface area contributed by atoms with Gasteiger partial charge in [0.05, 0.1) is 5.52 Å². The van der Waals surface area contributed by atoms with Crippen LogP contribution in [0.5, 0.6) is 0 Å². The average molecular weight is 319 g/mol. The van der Waals surface area contributed by atoms with E-state index >= 15 is 0 Å². The van der Waals surface area contributed by atoms with Crippen LogP contribution in [0.25, 0.3) is 11.2 Å². The highest BCUT2D eigenvalue weighted by Gasteiger charge is 2.22. The monoisotopic (exact) mass is 319 g/mol. The SMILES string of the molecule is CC(C)(C)OC(=O)c1ccc2c(ncn2C(=O)OC(C)(C)C)n1. The smallest absolute Gasteiger partial charge is 0.420 e. The van der Waals surface area contributed by atoms with Gasteiger partial charge >= 0.3 is 12.1 Å². The number of imidazole rings is 1. The molecule has 0 fully saturated rings. The number of hydrogen-bond donors (Lipinski definition) is 0. The summed E-state index contributed by atoms with van der Waals surface area (Å²) < 4.78 is 11.8. The van der Waals surface area contributed by atoms with Crippen molar-refractivity contribution in [3.8, 4) is 0 Å². The molecule has 2 rings (SSSR count). The maximum absolute atomic E-state index is 12.1. The third-order valence-electron chi connectivity index (χ3n) is 2.61. The molecule has 0 amide bonds. The van der Waals surface area contributed by atoms with E-state index in [1.807, 2.05) is 0 Å². The minimum atomic E-state index is -0.614. The van der Waals surface area contributed by atoms with Crippen molar-refractivity contribution < 1.29 is 19.1 Å². The second-order valence-corrected chi connectivity index (χ2v) is 7.14. The molecule has 0 unspecified atom stereocenters. The average Bonchev–Trinajstić information content (AvgIpc) is 2.77. The zero-order valence-corrected chi connectivity index (χ0v) is 14.2. The van der Waals surface area contributed by atoms with E-state index in [9.17, 15) is 9.59 Å². The van der Waals surface area contributed by atoms with E-state index in [2.05, 4.69) is 9.97 Å². The minimum Gasteiger partial charge on any atom is -0.455 e. The van der Waals surface area contributed by atoms with Crippen LogP contribution < -0.4 is 0 Å². The standard InChI is InChI=1S/C16H21N3O4/c1-15(2,3)22-13(20)10-7-8-11-12(18-10)17-9-19(11)14(21)23-16(4,5)6/h7-9H,1-6H3. The van der Waals surface area contributed by atoms with Crippen LogP contribution in [-0.4, -0.2) is 37.8 Å². The maximum atomic E-state index is 12.1. The first kappa shape index (κ1) is 16.9. The molecule has 0 atom stereocenters. The first-order valence-electron chi connectivity index (χ1n) is 7.27. The van der Waals surface area contributed by atoms with Crippen molar-refractivity contribution in [2.45, 2.75) is 52.7 Å². The van der Waals surface area contributed by atoms with E-state index in [1.54, 1.807) is 47.6 Å². The summed E-state index contributed by atoms with van der Waals surface area (Å²) in [5.74, 6) is -0.536. The Labute approximate surface area is 134 Å². The molecule has 0 aliphatic heterocycles. The van der Waals surface area contributed by atoms with Gasteiger partial charge in [0.2, 0.25) is 0 Å². The molecule has 0 saturated heterocycles. The first-order chi connectivity index (χ1) is 10.5. The van der Waals surface area contributed by atoms with E-state index in [1.165, 1.54) is 17.0 Å². The van der Waals surface area contributed by atoms with Gasteiger partial charge in [0.15, 0.2) is 11.3 Å². The van der Waals surface area contributed by atoms with Crippen LogP contribution in [0.2, 0.25) is 0 Å². The summed E-state index contributed by atoms with van der Waals surface area (Å²) in [5.41, 5.74) is -0.339. The number of nitrogens with zero attached hydrogens (tertiary/aromatic N) is 3. The second kappa shape index (κ2) is 5.64. The molecule has 2 aromatic heterocycles. The largest absolute Gasteiger partial charge is 0.455 e. The molecule has 0 radical (unpaired) electrons. The van der Waals surface area contributed by atoms with Gasteiger partial charge in [0.1, 0.15) is 17.5 Å². The van der Waals surface area contributed by atoms with Crippen LogP contribution in [0.3, 0.4) is 0 Å². The van der Waals surface area contributed by atoms with Gasteiger partial charge in [0, 0.05) is 0 Å². The highest BCUT2D eigenvalue weighted by Crippen LogP contribution is 2.17. The van der Waals surface area contributed by atoms with Crippen molar-refractivity contribution in [3.63, 3.8) is 0 Å². The quantitative estimate of drug-likeness (QED) is 0.751. The third-order valence-corrected chi connectivity index (χ3v) is 2.61. The normalized spacial score (nSPS) is 12.3. The van der Waals surface area contributed by atoms with Gasteiger partial charge in [-0.05, 0) is 53.7 Å². The van der Waals surface area contributed by atoms with Gasteiger partial charge in [-0.2, -0.15) is 0 Å². The Morgan fingerprint density at radius 2 is 1.61 bits per heavy atom. The molecular weight excluding hydrogens is 298 g/mol. The molecule has 2 aromatic rings. The summed E-state index contributed by atoms with van der Waals surface area (Å²) >= 11 is 0. The number of ether oxygens (including phenoxy) is 2. The van der Waals surface area contributed by atoms with Crippen molar-refractivity contribution in [1.29, 1.82) is 0 Å². The summed E-state index contributed by atoms with van der Waals surface area (Å²) in [6, 6.07) is 3.09. The van der Waals surface area contributed by atoms with Crippen LogP contribution >= 0.6 is 0 Å². The van der Waals surface area contributed by atoms with Crippen molar-refractivity contribution in [2.24, 2.45) is 0 Å². The van der Waals surface area contributed by atoms with Crippen molar-refractivity contribution in [3.05, 3.63) is 24.2 Å². The first-order valence-corrected chi connectivity index (χ1v) is 7.27. The van der Waals surface area contributed by atoms with Crippen LogP contribution in [0.15, 0.2) is 18.5 Å². The number of rotatable bonds is 1. The predicted octanol–water partition coefficient (Wildman–Crippen LogP) is 3.17. The Balaban J connectivity index is 2.30. The number of esters is 1. The van der Waals surface area contributed by atoms with E-state index < -0.39 is 23.3 Å². The van der Waals surface area contributed by atoms with Crippen LogP contribution in [0.1, 0.15) is 52.0 Å². The fraction of sp³-hybridized carbons (Fsp3) is 0.500. The van der Waals surface area contributed by atoms with Crippen molar-refractivity contribution in [1.82, 2.24) is 14.5 Å². The molecule has 124 valence electrons. The summed E-state index contributed by atoms with van der Waals surface area (Å²) in [6.07, 6.45) is 0.775. The van der Waals surface area contributed by atoms with Gasteiger partial charge in [-0.25, -0.2) is 24.1 Å². The Morgan fingerprint density at radius 3 is 2.17 bits per heavy atom. The molecule has 7 heteroatoms. The van der Waals surface area contributed by atoms with Gasteiger partial charge in [0.25, 0.3) is 0 Å². The Bertz CT molecular complexity index is 751. The van der Waals surface area contributed by atoms with Crippen LogP contribution in [0, 0.1) is 0 Å². The number of carbonyl (C=O) groups excluding carboxylic acids is 2. The fourth-order valence-electron chi connectivity index (χ4n) is 1.80. The Morgan fingerprint density at radius 1 is 1.00 bits per heavy atom.